The Morgan fingerprint density at radius 2 is 2.15 bits per heavy atom. The summed E-state index contributed by atoms with van der Waals surface area (Å²) < 4.78 is 6.50. The summed E-state index contributed by atoms with van der Waals surface area (Å²) in [5, 5.41) is 5.11. The van der Waals surface area contributed by atoms with Crippen LogP contribution in [0.1, 0.15) is 28.1 Å². The molecule has 1 spiro atoms. The van der Waals surface area contributed by atoms with Gasteiger partial charge in [0, 0.05) is 38.0 Å². The molecule has 2 aromatic rings. The predicted molar refractivity (Wildman–Crippen MR) is 102 cm³/mol. The van der Waals surface area contributed by atoms with E-state index in [0.717, 1.165) is 37.5 Å². The molecule has 4 heterocycles. The summed E-state index contributed by atoms with van der Waals surface area (Å²) >= 11 is 1.50. The number of nitrogens with one attached hydrogen (secondary N) is 1. The summed E-state index contributed by atoms with van der Waals surface area (Å²) in [5.41, 5.74) is 1.39. The Morgan fingerprint density at radius 1 is 1.27 bits per heavy atom. The van der Waals surface area contributed by atoms with Gasteiger partial charge in [-0.1, -0.05) is 36.4 Å². The van der Waals surface area contributed by atoms with Gasteiger partial charge in [-0.25, -0.2) is 0 Å². The number of nitrogens with zero attached hydrogens (tertiary/aromatic N) is 1. The monoisotopic (exact) mass is 368 g/mol. The van der Waals surface area contributed by atoms with Crippen LogP contribution in [0, 0.1) is 11.8 Å². The highest BCUT2D eigenvalue weighted by Crippen LogP contribution is 2.54. The lowest BCUT2D eigenvalue weighted by molar-refractivity contribution is 0.00212. The first-order valence-electron chi connectivity index (χ1n) is 9.49. The molecule has 4 nitrogen and oxygen atoms in total. The lowest BCUT2D eigenvalue weighted by Crippen LogP contribution is -2.41. The van der Waals surface area contributed by atoms with Crippen LogP contribution in [0.25, 0.3) is 0 Å². The van der Waals surface area contributed by atoms with E-state index in [1.807, 2.05) is 17.5 Å². The van der Waals surface area contributed by atoms with Gasteiger partial charge in [0.2, 0.25) is 0 Å². The Labute approximate surface area is 158 Å². The third-order valence-electron chi connectivity index (χ3n) is 6.35. The fraction of sp³-hybridized carbons (Fsp3) is 0.476. The molecule has 3 saturated heterocycles. The number of fused-ring (bicyclic) bond motifs is 1. The zero-order chi connectivity index (χ0) is 17.6. The molecule has 2 bridgehead atoms. The molecule has 1 N–H and O–H groups in total. The van der Waals surface area contributed by atoms with Crippen molar-refractivity contribution in [3.05, 3.63) is 58.3 Å². The molecule has 136 valence electrons. The number of carbonyl (C=O) groups excluding carboxylic acids is 1. The molecular formula is C21H24N2O2S. The van der Waals surface area contributed by atoms with Crippen LogP contribution in [0.5, 0.6) is 0 Å². The average Bonchev–Trinajstić information content (AvgIpc) is 3.41. The Hall–Kier alpha value is -1.69. The number of carbonyl (C=O) groups is 1. The van der Waals surface area contributed by atoms with Gasteiger partial charge in [0.15, 0.2) is 0 Å². The van der Waals surface area contributed by atoms with Crippen molar-refractivity contribution in [1.29, 1.82) is 0 Å². The number of hydrogen-bond donors (Lipinski definition) is 1. The summed E-state index contributed by atoms with van der Waals surface area (Å²) in [6.07, 6.45) is 2.63. The Bertz CT molecular complexity index is 779. The lowest BCUT2D eigenvalue weighted by Gasteiger charge is -2.29. The van der Waals surface area contributed by atoms with E-state index >= 15 is 0 Å². The highest BCUT2D eigenvalue weighted by Gasteiger charge is 2.62. The van der Waals surface area contributed by atoms with Crippen LogP contribution >= 0.6 is 11.3 Å². The number of likely N-dealkylation sites (tertiary alicyclic amines) is 1. The standard InChI is InChI=1S/C21H24N2O2S/c24-20(19-7-4-10-26-19)22-11-16-17-13-23(12-15-5-2-1-3-6-15)14-21(17)9-8-18(16)25-21/h1-7,10,16-18H,8-9,11-14H2,(H,22,24)/t16-,17+,18+,21+/m0/s1. The number of ether oxygens (including phenoxy) is 1. The Morgan fingerprint density at radius 3 is 2.96 bits per heavy atom. The number of rotatable bonds is 5. The van der Waals surface area contributed by atoms with Crippen molar-refractivity contribution >= 4 is 17.2 Å². The van der Waals surface area contributed by atoms with Gasteiger partial charge < -0.3 is 10.1 Å². The van der Waals surface area contributed by atoms with Gasteiger partial charge in [0.25, 0.3) is 5.91 Å². The topological polar surface area (TPSA) is 41.6 Å². The number of benzene rings is 1. The van der Waals surface area contributed by atoms with Gasteiger partial charge in [-0.05, 0) is 29.9 Å². The molecule has 1 aromatic carbocycles. The minimum Gasteiger partial charge on any atom is -0.370 e. The van der Waals surface area contributed by atoms with Gasteiger partial charge >= 0.3 is 0 Å². The fourth-order valence-electron chi connectivity index (χ4n) is 5.23. The maximum atomic E-state index is 12.3. The molecule has 0 aliphatic carbocycles. The first-order valence-corrected chi connectivity index (χ1v) is 10.4. The van der Waals surface area contributed by atoms with E-state index < -0.39 is 0 Å². The number of thiophene rings is 1. The van der Waals surface area contributed by atoms with Crippen LogP contribution in [0.15, 0.2) is 47.8 Å². The second-order valence-corrected chi connectivity index (χ2v) is 8.82. The summed E-state index contributed by atoms with van der Waals surface area (Å²) in [4.78, 5) is 15.6. The van der Waals surface area contributed by atoms with E-state index in [9.17, 15) is 4.79 Å². The average molecular weight is 369 g/mol. The van der Waals surface area contributed by atoms with Crippen molar-refractivity contribution in [2.45, 2.75) is 31.1 Å². The summed E-state index contributed by atoms with van der Waals surface area (Å²) in [6, 6.07) is 14.5. The summed E-state index contributed by atoms with van der Waals surface area (Å²) in [7, 11) is 0. The highest BCUT2D eigenvalue weighted by atomic mass is 32.1. The second-order valence-electron chi connectivity index (χ2n) is 7.87. The third kappa shape index (κ3) is 2.79. The second kappa shape index (κ2) is 6.48. The smallest absolute Gasteiger partial charge is 0.261 e. The molecule has 5 heteroatoms. The van der Waals surface area contributed by atoms with Gasteiger partial charge in [-0.2, -0.15) is 0 Å². The Kier molecular flexibility index (Phi) is 4.11. The molecule has 1 aromatic heterocycles. The van der Waals surface area contributed by atoms with Crippen LogP contribution in [-0.4, -0.2) is 42.1 Å². The third-order valence-corrected chi connectivity index (χ3v) is 7.22. The first-order chi connectivity index (χ1) is 12.7. The van der Waals surface area contributed by atoms with Gasteiger partial charge in [0.1, 0.15) is 0 Å². The molecule has 0 unspecified atom stereocenters. The highest BCUT2D eigenvalue weighted by molar-refractivity contribution is 7.12. The molecule has 26 heavy (non-hydrogen) atoms. The van der Waals surface area contributed by atoms with E-state index in [0.29, 0.717) is 17.9 Å². The molecule has 5 rings (SSSR count). The van der Waals surface area contributed by atoms with Crippen molar-refractivity contribution in [1.82, 2.24) is 10.2 Å². The lowest BCUT2D eigenvalue weighted by atomic mass is 9.73. The molecule has 0 saturated carbocycles. The Balaban J connectivity index is 1.25. The maximum Gasteiger partial charge on any atom is 0.261 e. The molecule has 0 radical (unpaired) electrons. The minimum atomic E-state index is 0.0256. The molecule has 3 aliphatic rings. The maximum absolute atomic E-state index is 12.3. The van der Waals surface area contributed by atoms with E-state index in [4.69, 9.17) is 4.74 Å². The summed E-state index contributed by atoms with van der Waals surface area (Å²) in [5.74, 6) is 1.03. The van der Waals surface area contributed by atoms with Crippen LogP contribution in [0.2, 0.25) is 0 Å². The van der Waals surface area contributed by atoms with Gasteiger partial charge in [-0.3, -0.25) is 9.69 Å². The van der Waals surface area contributed by atoms with Crippen molar-refractivity contribution in [3.8, 4) is 0 Å². The van der Waals surface area contributed by atoms with Crippen LogP contribution < -0.4 is 5.32 Å². The number of hydrogen-bond acceptors (Lipinski definition) is 4. The zero-order valence-corrected chi connectivity index (χ0v) is 15.6. The minimum absolute atomic E-state index is 0.0256. The molecule has 1 amide bonds. The van der Waals surface area contributed by atoms with Gasteiger partial charge in [-0.15, -0.1) is 11.3 Å². The predicted octanol–water partition coefficient (Wildman–Crippen LogP) is 3.16. The van der Waals surface area contributed by atoms with E-state index in [1.165, 1.54) is 23.3 Å². The normalized spacial score (nSPS) is 32.7. The first kappa shape index (κ1) is 16.5. The molecule has 3 fully saturated rings. The van der Waals surface area contributed by atoms with Crippen molar-refractivity contribution in [2.75, 3.05) is 19.6 Å². The zero-order valence-electron chi connectivity index (χ0n) is 14.8. The van der Waals surface area contributed by atoms with Crippen molar-refractivity contribution < 1.29 is 9.53 Å². The SMILES string of the molecule is O=C(NC[C@H]1[C@H]2CN(Cc3ccccc3)C[C@]23CC[C@H]1O3)c1cccs1. The van der Waals surface area contributed by atoms with Crippen molar-refractivity contribution in [3.63, 3.8) is 0 Å². The molecular weight excluding hydrogens is 344 g/mol. The molecule has 3 aliphatic heterocycles. The molecule has 4 atom stereocenters. The van der Waals surface area contributed by atoms with E-state index in [2.05, 4.69) is 40.5 Å². The number of amides is 1. The van der Waals surface area contributed by atoms with Crippen LogP contribution in [-0.2, 0) is 11.3 Å². The van der Waals surface area contributed by atoms with Crippen LogP contribution in [0.4, 0.5) is 0 Å². The van der Waals surface area contributed by atoms with Crippen molar-refractivity contribution in [2.24, 2.45) is 11.8 Å². The van der Waals surface area contributed by atoms with E-state index in [-0.39, 0.29) is 11.5 Å². The largest absolute Gasteiger partial charge is 0.370 e. The van der Waals surface area contributed by atoms with Gasteiger partial charge in [0.05, 0.1) is 16.6 Å². The van der Waals surface area contributed by atoms with Crippen LogP contribution in [0.3, 0.4) is 0 Å². The van der Waals surface area contributed by atoms with E-state index in [1.54, 1.807) is 0 Å². The quantitative estimate of drug-likeness (QED) is 0.881. The fourth-order valence-corrected chi connectivity index (χ4v) is 5.87. The summed E-state index contributed by atoms with van der Waals surface area (Å²) in [6.45, 7) is 3.82.